The summed E-state index contributed by atoms with van der Waals surface area (Å²) in [5.41, 5.74) is 5.12. The molecule has 1 aromatic carbocycles. The molecule has 0 saturated carbocycles. The molecule has 0 spiro atoms. The number of hydrogen-bond acceptors (Lipinski definition) is 7. The fourth-order valence-electron chi connectivity index (χ4n) is 3.96. The fraction of sp³-hybridized carbons (Fsp3) is 0.214. The summed E-state index contributed by atoms with van der Waals surface area (Å²) < 4.78 is 0. The van der Waals surface area contributed by atoms with Crippen LogP contribution in [0, 0.1) is 0 Å². The molecule has 4 aromatic rings. The van der Waals surface area contributed by atoms with Gasteiger partial charge in [-0.1, -0.05) is 12.1 Å². The van der Waals surface area contributed by atoms with E-state index in [1.165, 1.54) is 0 Å². The Balaban J connectivity index is 1.33. The van der Waals surface area contributed by atoms with Crippen molar-refractivity contribution in [3.63, 3.8) is 0 Å². The summed E-state index contributed by atoms with van der Waals surface area (Å²) in [4.78, 5) is 37.1. The van der Waals surface area contributed by atoms with Crippen molar-refractivity contribution in [2.45, 2.75) is 39.4 Å². The number of fused-ring (bicyclic) bond motifs is 1. The first-order valence-corrected chi connectivity index (χ1v) is 11.8. The average Bonchev–Trinajstić information content (AvgIpc) is 3.31. The lowest BCUT2D eigenvalue weighted by Crippen LogP contribution is -2.40. The molecule has 0 fully saturated rings. The molecule has 0 saturated heterocycles. The number of hydrogen-bond donors (Lipinski definition) is 1. The molecule has 0 atom stereocenters. The largest absolute Gasteiger partial charge is 0.347 e. The normalized spacial score (nSPS) is 13.1. The molecule has 36 heavy (non-hydrogen) atoms. The van der Waals surface area contributed by atoms with Gasteiger partial charge in [0, 0.05) is 49.0 Å². The summed E-state index contributed by atoms with van der Waals surface area (Å²) in [5, 5.41) is 3.02. The van der Waals surface area contributed by atoms with Crippen LogP contribution in [-0.2, 0) is 13.1 Å². The van der Waals surface area contributed by atoms with Crippen LogP contribution in [0.2, 0.25) is 0 Å². The lowest BCUT2D eigenvalue weighted by Gasteiger charge is -2.20. The van der Waals surface area contributed by atoms with Crippen LogP contribution in [0.15, 0.2) is 67.3 Å². The highest BCUT2D eigenvalue weighted by Gasteiger charge is 2.24. The van der Waals surface area contributed by atoms with Gasteiger partial charge in [-0.2, -0.15) is 0 Å². The maximum atomic E-state index is 12.6. The van der Waals surface area contributed by atoms with Gasteiger partial charge in [-0.3, -0.25) is 9.78 Å². The Kier molecular flexibility index (Phi) is 6.25. The van der Waals surface area contributed by atoms with Crippen molar-refractivity contribution in [1.29, 1.82) is 0 Å². The minimum absolute atomic E-state index is 0.0722. The molecule has 3 aromatic heterocycles. The Labute approximate surface area is 210 Å². The molecule has 1 aliphatic heterocycles. The fourth-order valence-corrected chi connectivity index (χ4v) is 3.96. The Morgan fingerprint density at radius 1 is 0.889 bits per heavy atom. The molecule has 180 valence electrons. The summed E-state index contributed by atoms with van der Waals surface area (Å²) in [6.07, 6.45) is 10.9. The Morgan fingerprint density at radius 2 is 1.67 bits per heavy atom. The highest BCUT2D eigenvalue weighted by atomic mass is 16.1. The third kappa shape index (κ3) is 5.43. The second-order valence-electron chi connectivity index (χ2n) is 9.70. The SMILES string of the molecule is CC(C)(C)NC(=O)c1ccc2c(c1)CN(c1nccc(-c3nccc(/C=C/c4ccncc4)n3)n1)C2. The van der Waals surface area contributed by atoms with E-state index in [9.17, 15) is 4.79 Å². The molecule has 5 rings (SSSR count). The van der Waals surface area contributed by atoms with Crippen LogP contribution in [0.4, 0.5) is 5.95 Å². The molecule has 0 radical (unpaired) electrons. The number of benzene rings is 1. The van der Waals surface area contributed by atoms with Crippen molar-refractivity contribution in [3.8, 4) is 11.5 Å². The first kappa shape index (κ1) is 23.3. The van der Waals surface area contributed by atoms with Gasteiger partial charge in [-0.25, -0.2) is 19.9 Å². The van der Waals surface area contributed by atoms with E-state index in [0.29, 0.717) is 36.1 Å². The predicted octanol–water partition coefficient (Wildman–Crippen LogP) is 4.55. The van der Waals surface area contributed by atoms with Gasteiger partial charge in [0.25, 0.3) is 5.91 Å². The van der Waals surface area contributed by atoms with E-state index >= 15 is 0 Å². The highest BCUT2D eigenvalue weighted by Crippen LogP contribution is 2.28. The monoisotopic (exact) mass is 477 g/mol. The Hall–Kier alpha value is -4.46. The smallest absolute Gasteiger partial charge is 0.251 e. The lowest BCUT2D eigenvalue weighted by atomic mass is 10.0. The van der Waals surface area contributed by atoms with Crippen LogP contribution in [0.25, 0.3) is 23.7 Å². The predicted molar refractivity (Wildman–Crippen MR) is 140 cm³/mol. The summed E-state index contributed by atoms with van der Waals surface area (Å²) in [6.45, 7) is 7.23. The quantitative estimate of drug-likeness (QED) is 0.450. The molecular weight excluding hydrogens is 450 g/mol. The number of carbonyl (C=O) groups excluding carboxylic acids is 1. The van der Waals surface area contributed by atoms with E-state index in [1.807, 2.05) is 75.4 Å². The van der Waals surface area contributed by atoms with Gasteiger partial charge in [-0.15, -0.1) is 0 Å². The maximum Gasteiger partial charge on any atom is 0.251 e. The first-order valence-electron chi connectivity index (χ1n) is 11.8. The summed E-state index contributed by atoms with van der Waals surface area (Å²) in [6, 6.07) is 13.4. The van der Waals surface area contributed by atoms with Gasteiger partial charge >= 0.3 is 0 Å². The number of nitrogens with zero attached hydrogens (tertiary/aromatic N) is 6. The highest BCUT2D eigenvalue weighted by molar-refractivity contribution is 5.95. The molecule has 0 aliphatic carbocycles. The molecule has 1 amide bonds. The van der Waals surface area contributed by atoms with E-state index in [4.69, 9.17) is 4.98 Å². The summed E-state index contributed by atoms with van der Waals surface area (Å²) >= 11 is 0. The van der Waals surface area contributed by atoms with E-state index in [1.54, 1.807) is 24.8 Å². The number of nitrogens with one attached hydrogen (secondary N) is 1. The van der Waals surface area contributed by atoms with Crippen molar-refractivity contribution < 1.29 is 4.79 Å². The molecule has 0 unspecified atom stereocenters. The zero-order chi connectivity index (χ0) is 25.1. The minimum Gasteiger partial charge on any atom is -0.347 e. The lowest BCUT2D eigenvalue weighted by molar-refractivity contribution is 0.0919. The third-order valence-electron chi connectivity index (χ3n) is 5.66. The second-order valence-corrected chi connectivity index (χ2v) is 9.70. The van der Waals surface area contributed by atoms with Crippen LogP contribution in [-0.4, -0.2) is 36.4 Å². The molecule has 4 heterocycles. The third-order valence-corrected chi connectivity index (χ3v) is 5.66. The maximum absolute atomic E-state index is 12.6. The summed E-state index contributed by atoms with van der Waals surface area (Å²) in [5.74, 6) is 1.07. The van der Waals surface area contributed by atoms with E-state index in [0.717, 1.165) is 22.4 Å². The minimum atomic E-state index is -0.287. The topological polar surface area (TPSA) is 96.8 Å². The molecule has 0 bridgehead atoms. The van der Waals surface area contributed by atoms with Crippen LogP contribution in [0.5, 0.6) is 0 Å². The van der Waals surface area contributed by atoms with Crippen LogP contribution in [0.1, 0.15) is 53.5 Å². The average molecular weight is 478 g/mol. The Morgan fingerprint density at radius 3 is 2.47 bits per heavy atom. The molecule has 1 aliphatic rings. The second kappa shape index (κ2) is 9.65. The van der Waals surface area contributed by atoms with Crippen LogP contribution in [0.3, 0.4) is 0 Å². The van der Waals surface area contributed by atoms with Crippen LogP contribution < -0.4 is 10.2 Å². The first-order chi connectivity index (χ1) is 17.3. The number of anilines is 1. The molecule has 1 N–H and O–H groups in total. The van der Waals surface area contributed by atoms with Crippen molar-refractivity contribution in [1.82, 2.24) is 30.2 Å². The van der Waals surface area contributed by atoms with Gasteiger partial charge in [-0.05, 0) is 79.9 Å². The van der Waals surface area contributed by atoms with Gasteiger partial charge < -0.3 is 10.2 Å². The van der Waals surface area contributed by atoms with Crippen molar-refractivity contribution in [2.24, 2.45) is 0 Å². The van der Waals surface area contributed by atoms with Crippen molar-refractivity contribution in [2.75, 3.05) is 4.90 Å². The number of amides is 1. The van der Waals surface area contributed by atoms with Gasteiger partial charge in [0.1, 0.15) is 5.69 Å². The standard InChI is InChI=1S/C28H27N7O/c1-28(2,3)34-26(36)20-5-6-21-17-35(18-22(21)16-20)27-31-15-11-24(33-27)25-30-14-10-23(32-25)7-4-19-8-12-29-13-9-19/h4-16H,17-18H2,1-3H3,(H,34,36)/b7-4+. The van der Waals surface area contributed by atoms with Gasteiger partial charge in [0.05, 0.1) is 5.69 Å². The van der Waals surface area contributed by atoms with Gasteiger partial charge in [0.2, 0.25) is 5.95 Å². The number of carbonyl (C=O) groups is 1. The molecule has 8 heteroatoms. The van der Waals surface area contributed by atoms with E-state index in [-0.39, 0.29) is 11.4 Å². The van der Waals surface area contributed by atoms with Crippen molar-refractivity contribution >= 4 is 24.0 Å². The molecular formula is C28H27N7O. The number of rotatable bonds is 5. The number of pyridine rings is 1. The zero-order valence-corrected chi connectivity index (χ0v) is 20.5. The van der Waals surface area contributed by atoms with E-state index in [2.05, 4.69) is 30.2 Å². The van der Waals surface area contributed by atoms with Crippen molar-refractivity contribution in [3.05, 3.63) is 95.2 Å². The Bertz CT molecular complexity index is 1430. The van der Waals surface area contributed by atoms with E-state index < -0.39 is 0 Å². The zero-order valence-electron chi connectivity index (χ0n) is 20.5. The number of aromatic nitrogens is 5. The summed E-state index contributed by atoms with van der Waals surface area (Å²) in [7, 11) is 0. The van der Waals surface area contributed by atoms with Gasteiger partial charge in [0.15, 0.2) is 5.82 Å². The molecule has 8 nitrogen and oxygen atoms in total. The van der Waals surface area contributed by atoms with Crippen LogP contribution >= 0.6 is 0 Å².